The molecule has 1 aliphatic heterocycles. The normalized spacial score (nSPS) is 33.8. The smallest absolute Gasteiger partial charge is 0.136 e. The van der Waals surface area contributed by atoms with Gasteiger partial charge in [-0.05, 0) is 26.3 Å². The lowest BCUT2D eigenvalue weighted by atomic mass is 9.80. The van der Waals surface area contributed by atoms with Crippen LogP contribution in [0.1, 0.15) is 26.7 Å². The zero-order valence-corrected chi connectivity index (χ0v) is 6.74. The molecule has 0 spiro atoms. The van der Waals surface area contributed by atoms with Gasteiger partial charge in [0.15, 0.2) is 0 Å². The van der Waals surface area contributed by atoms with Crippen molar-refractivity contribution in [2.24, 2.45) is 5.41 Å². The average Bonchev–Trinajstić information content (AvgIpc) is 1.89. The molecule has 0 aromatic rings. The fourth-order valence-corrected chi connectivity index (χ4v) is 1.36. The minimum Gasteiger partial charge on any atom is -0.316 e. The van der Waals surface area contributed by atoms with Gasteiger partial charge in [-0.25, -0.2) is 0 Å². The predicted molar refractivity (Wildman–Crippen MR) is 40.9 cm³/mol. The SMILES string of the molecule is CC(=O)C1(C)CCCNC1. The third-order valence-electron chi connectivity index (χ3n) is 2.45. The fraction of sp³-hybridized carbons (Fsp3) is 0.875. The third kappa shape index (κ3) is 1.37. The Hall–Kier alpha value is -0.370. The highest BCUT2D eigenvalue weighted by Crippen LogP contribution is 2.25. The van der Waals surface area contributed by atoms with Crippen LogP contribution in [0, 0.1) is 5.41 Å². The zero-order chi connectivity index (χ0) is 7.61. The van der Waals surface area contributed by atoms with E-state index in [0.717, 1.165) is 25.9 Å². The molecule has 58 valence electrons. The lowest BCUT2D eigenvalue weighted by molar-refractivity contribution is -0.126. The van der Waals surface area contributed by atoms with Gasteiger partial charge in [-0.15, -0.1) is 0 Å². The first-order valence-corrected chi connectivity index (χ1v) is 3.87. The van der Waals surface area contributed by atoms with Crippen LogP contribution < -0.4 is 5.32 Å². The van der Waals surface area contributed by atoms with Crippen LogP contribution in [0.25, 0.3) is 0 Å². The first-order chi connectivity index (χ1) is 4.65. The highest BCUT2D eigenvalue weighted by molar-refractivity contribution is 5.82. The Morgan fingerprint density at radius 3 is 2.60 bits per heavy atom. The molecule has 1 aliphatic rings. The maximum Gasteiger partial charge on any atom is 0.136 e. The van der Waals surface area contributed by atoms with Crippen molar-refractivity contribution in [2.45, 2.75) is 26.7 Å². The van der Waals surface area contributed by atoms with Gasteiger partial charge < -0.3 is 5.32 Å². The van der Waals surface area contributed by atoms with Crippen molar-refractivity contribution >= 4 is 5.78 Å². The molecule has 1 atom stereocenters. The minimum absolute atomic E-state index is 0.0712. The Morgan fingerprint density at radius 1 is 1.60 bits per heavy atom. The van der Waals surface area contributed by atoms with Crippen LogP contribution in [-0.2, 0) is 4.79 Å². The first kappa shape index (κ1) is 7.73. The standard InChI is InChI=1S/C8H15NO/c1-7(10)8(2)4-3-5-9-6-8/h9H,3-6H2,1-2H3. The topological polar surface area (TPSA) is 29.1 Å². The van der Waals surface area contributed by atoms with Gasteiger partial charge in [0.25, 0.3) is 0 Å². The molecule has 1 fully saturated rings. The predicted octanol–water partition coefficient (Wildman–Crippen LogP) is 0.965. The summed E-state index contributed by atoms with van der Waals surface area (Å²) in [4.78, 5) is 11.1. The number of Topliss-reactive ketones (excluding diaryl/α,β-unsaturated/α-hetero) is 1. The van der Waals surface area contributed by atoms with Gasteiger partial charge in [0.05, 0.1) is 0 Å². The van der Waals surface area contributed by atoms with E-state index in [9.17, 15) is 4.79 Å². The maximum absolute atomic E-state index is 11.1. The van der Waals surface area contributed by atoms with Crippen molar-refractivity contribution in [2.75, 3.05) is 13.1 Å². The van der Waals surface area contributed by atoms with Gasteiger partial charge >= 0.3 is 0 Å². The van der Waals surface area contributed by atoms with E-state index in [1.54, 1.807) is 6.92 Å². The molecule has 10 heavy (non-hydrogen) atoms. The molecule has 0 radical (unpaired) electrons. The molecule has 2 nitrogen and oxygen atoms in total. The summed E-state index contributed by atoms with van der Waals surface area (Å²) in [6.07, 6.45) is 2.19. The largest absolute Gasteiger partial charge is 0.316 e. The minimum atomic E-state index is -0.0712. The summed E-state index contributed by atoms with van der Waals surface area (Å²) in [5.74, 6) is 0.319. The van der Waals surface area contributed by atoms with Gasteiger partial charge in [-0.1, -0.05) is 6.92 Å². The summed E-state index contributed by atoms with van der Waals surface area (Å²) in [5.41, 5.74) is -0.0712. The molecule has 0 amide bonds. The molecule has 2 heteroatoms. The summed E-state index contributed by atoms with van der Waals surface area (Å²) < 4.78 is 0. The van der Waals surface area contributed by atoms with Crippen molar-refractivity contribution in [1.82, 2.24) is 5.32 Å². The molecule has 1 heterocycles. The number of piperidine rings is 1. The highest BCUT2D eigenvalue weighted by atomic mass is 16.1. The number of hydrogen-bond acceptors (Lipinski definition) is 2. The number of rotatable bonds is 1. The van der Waals surface area contributed by atoms with Crippen molar-refractivity contribution in [3.63, 3.8) is 0 Å². The van der Waals surface area contributed by atoms with E-state index in [1.807, 2.05) is 6.92 Å². The highest BCUT2D eigenvalue weighted by Gasteiger charge is 2.30. The number of nitrogens with one attached hydrogen (secondary N) is 1. The van der Waals surface area contributed by atoms with Crippen LogP contribution in [-0.4, -0.2) is 18.9 Å². The van der Waals surface area contributed by atoms with Gasteiger partial charge in [-0.3, -0.25) is 4.79 Å². The second-order valence-electron chi connectivity index (χ2n) is 3.40. The molecular formula is C8H15NO. The molecule has 0 saturated carbocycles. The van der Waals surface area contributed by atoms with E-state index in [1.165, 1.54) is 0 Å². The van der Waals surface area contributed by atoms with Crippen LogP contribution >= 0.6 is 0 Å². The van der Waals surface area contributed by atoms with E-state index in [0.29, 0.717) is 5.78 Å². The van der Waals surface area contributed by atoms with Crippen molar-refractivity contribution in [3.05, 3.63) is 0 Å². The van der Waals surface area contributed by atoms with E-state index < -0.39 is 0 Å². The molecular weight excluding hydrogens is 126 g/mol. The molecule has 1 N–H and O–H groups in total. The van der Waals surface area contributed by atoms with Gasteiger partial charge in [0.1, 0.15) is 5.78 Å². The van der Waals surface area contributed by atoms with Crippen LogP contribution in [0.5, 0.6) is 0 Å². The quantitative estimate of drug-likeness (QED) is 0.589. The van der Waals surface area contributed by atoms with Gasteiger partial charge in [0, 0.05) is 12.0 Å². The van der Waals surface area contributed by atoms with Crippen LogP contribution in [0.2, 0.25) is 0 Å². The van der Waals surface area contributed by atoms with Crippen LogP contribution in [0.4, 0.5) is 0 Å². The molecule has 0 bridgehead atoms. The van der Waals surface area contributed by atoms with Crippen LogP contribution in [0.15, 0.2) is 0 Å². The van der Waals surface area contributed by atoms with E-state index >= 15 is 0 Å². The summed E-state index contributed by atoms with van der Waals surface area (Å²) in [5, 5.41) is 3.24. The van der Waals surface area contributed by atoms with E-state index in [-0.39, 0.29) is 5.41 Å². The Labute approximate surface area is 62.0 Å². The molecule has 0 aliphatic carbocycles. The average molecular weight is 141 g/mol. The summed E-state index contributed by atoms with van der Waals surface area (Å²) in [6, 6.07) is 0. The third-order valence-corrected chi connectivity index (χ3v) is 2.45. The van der Waals surface area contributed by atoms with Crippen LogP contribution in [0.3, 0.4) is 0 Å². The Morgan fingerprint density at radius 2 is 2.30 bits per heavy atom. The maximum atomic E-state index is 11.1. The van der Waals surface area contributed by atoms with E-state index in [4.69, 9.17) is 0 Å². The monoisotopic (exact) mass is 141 g/mol. The Kier molecular flexibility index (Phi) is 2.09. The number of hydrogen-bond donors (Lipinski definition) is 1. The molecule has 1 saturated heterocycles. The second kappa shape index (κ2) is 2.70. The lowest BCUT2D eigenvalue weighted by Gasteiger charge is -2.31. The molecule has 1 rings (SSSR count). The first-order valence-electron chi connectivity index (χ1n) is 3.87. The fourth-order valence-electron chi connectivity index (χ4n) is 1.36. The Balaban J connectivity index is 2.56. The van der Waals surface area contributed by atoms with E-state index in [2.05, 4.69) is 5.32 Å². The summed E-state index contributed by atoms with van der Waals surface area (Å²) in [7, 11) is 0. The number of ketones is 1. The van der Waals surface area contributed by atoms with Crippen molar-refractivity contribution < 1.29 is 4.79 Å². The summed E-state index contributed by atoms with van der Waals surface area (Å²) in [6.45, 7) is 5.67. The lowest BCUT2D eigenvalue weighted by Crippen LogP contribution is -2.42. The Bertz CT molecular complexity index is 136. The number of carbonyl (C=O) groups is 1. The second-order valence-corrected chi connectivity index (χ2v) is 3.40. The van der Waals surface area contributed by atoms with Crippen molar-refractivity contribution in [1.29, 1.82) is 0 Å². The number of carbonyl (C=O) groups excluding carboxylic acids is 1. The molecule has 0 aromatic heterocycles. The summed E-state index contributed by atoms with van der Waals surface area (Å²) >= 11 is 0. The van der Waals surface area contributed by atoms with Gasteiger partial charge in [-0.2, -0.15) is 0 Å². The zero-order valence-electron chi connectivity index (χ0n) is 6.74. The van der Waals surface area contributed by atoms with Crippen molar-refractivity contribution in [3.8, 4) is 0 Å². The molecule has 1 unspecified atom stereocenters. The molecule has 0 aromatic carbocycles. The van der Waals surface area contributed by atoms with Gasteiger partial charge in [0.2, 0.25) is 0 Å².